The van der Waals surface area contributed by atoms with Crippen molar-refractivity contribution in [2.75, 3.05) is 11.9 Å². The zero-order valence-electron chi connectivity index (χ0n) is 13.7. The molecule has 136 valence electrons. The summed E-state index contributed by atoms with van der Waals surface area (Å²) in [5, 5.41) is 2.48. The van der Waals surface area contributed by atoms with Gasteiger partial charge in [-0.3, -0.25) is 9.59 Å². The Labute approximate surface area is 147 Å². The van der Waals surface area contributed by atoms with Crippen LogP contribution in [-0.4, -0.2) is 30.9 Å². The number of halogens is 2. The standard InChI is InChI=1S/C18H15F2NO5/c1-11(22)14-7-2-3-8-15(14)21-16(23)10-25-17(24)12-5-4-6-13(9-12)26-18(19)20/h2-9,18H,10H2,1H3,(H,21,23). The van der Waals surface area contributed by atoms with Gasteiger partial charge in [0.2, 0.25) is 0 Å². The number of carbonyl (C=O) groups is 3. The van der Waals surface area contributed by atoms with Gasteiger partial charge in [0.05, 0.1) is 11.3 Å². The highest BCUT2D eigenvalue weighted by atomic mass is 19.3. The highest BCUT2D eigenvalue weighted by Gasteiger charge is 2.14. The van der Waals surface area contributed by atoms with Crippen LogP contribution in [0.3, 0.4) is 0 Å². The van der Waals surface area contributed by atoms with Crippen molar-refractivity contribution >= 4 is 23.3 Å². The predicted octanol–water partition coefficient (Wildman–Crippen LogP) is 3.29. The average molecular weight is 363 g/mol. The molecule has 0 fully saturated rings. The molecule has 0 aliphatic carbocycles. The zero-order chi connectivity index (χ0) is 19.1. The second kappa shape index (κ2) is 8.70. The molecule has 26 heavy (non-hydrogen) atoms. The minimum atomic E-state index is -3.02. The topological polar surface area (TPSA) is 81.7 Å². The van der Waals surface area contributed by atoms with E-state index in [2.05, 4.69) is 10.1 Å². The number of anilines is 1. The van der Waals surface area contributed by atoms with Crippen LogP contribution in [-0.2, 0) is 9.53 Å². The van der Waals surface area contributed by atoms with Crippen LogP contribution in [0.5, 0.6) is 5.75 Å². The number of nitrogens with one attached hydrogen (secondary N) is 1. The molecule has 0 aliphatic rings. The molecule has 0 aliphatic heterocycles. The number of rotatable bonds is 7. The molecule has 2 aromatic rings. The second-order valence-corrected chi connectivity index (χ2v) is 5.13. The van der Waals surface area contributed by atoms with Crippen molar-refractivity contribution in [1.29, 1.82) is 0 Å². The van der Waals surface area contributed by atoms with E-state index in [0.717, 1.165) is 6.07 Å². The molecule has 0 heterocycles. The first kappa shape index (κ1) is 19.0. The molecular weight excluding hydrogens is 348 g/mol. The number of Topliss-reactive ketones (excluding diaryl/α,β-unsaturated/α-hetero) is 1. The summed E-state index contributed by atoms with van der Waals surface area (Å²) in [7, 11) is 0. The van der Waals surface area contributed by atoms with E-state index in [4.69, 9.17) is 4.74 Å². The quantitative estimate of drug-likeness (QED) is 0.603. The fraction of sp³-hybridized carbons (Fsp3) is 0.167. The molecule has 1 amide bonds. The molecule has 2 aromatic carbocycles. The van der Waals surface area contributed by atoms with Gasteiger partial charge in [0, 0.05) is 5.56 Å². The van der Waals surface area contributed by atoms with Gasteiger partial charge in [0.15, 0.2) is 12.4 Å². The van der Waals surface area contributed by atoms with Crippen molar-refractivity contribution in [3.05, 3.63) is 59.7 Å². The number of hydrogen-bond acceptors (Lipinski definition) is 5. The Morgan fingerprint density at radius 3 is 2.50 bits per heavy atom. The van der Waals surface area contributed by atoms with E-state index in [9.17, 15) is 23.2 Å². The highest BCUT2D eigenvalue weighted by Crippen LogP contribution is 2.17. The summed E-state index contributed by atoms with van der Waals surface area (Å²) in [4.78, 5) is 35.3. The van der Waals surface area contributed by atoms with Gasteiger partial charge in [0.1, 0.15) is 5.75 Å². The summed E-state index contributed by atoms with van der Waals surface area (Å²) in [5.41, 5.74) is 0.581. The lowest BCUT2D eigenvalue weighted by Gasteiger charge is -2.10. The third kappa shape index (κ3) is 5.37. The number of esters is 1. The number of benzene rings is 2. The fourth-order valence-electron chi connectivity index (χ4n) is 2.10. The maximum atomic E-state index is 12.2. The van der Waals surface area contributed by atoms with Crippen LogP contribution in [0.25, 0.3) is 0 Å². The number of amides is 1. The van der Waals surface area contributed by atoms with Crippen molar-refractivity contribution in [2.45, 2.75) is 13.5 Å². The Hall–Kier alpha value is -3.29. The molecular formula is C18H15F2NO5. The number of ketones is 1. The second-order valence-electron chi connectivity index (χ2n) is 5.13. The van der Waals surface area contributed by atoms with E-state index in [-0.39, 0.29) is 17.1 Å². The Balaban J connectivity index is 1.95. The summed E-state index contributed by atoms with van der Waals surface area (Å²) < 4.78 is 33.4. The fourth-order valence-corrected chi connectivity index (χ4v) is 2.10. The summed E-state index contributed by atoms with van der Waals surface area (Å²) in [5.74, 6) is -1.95. The molecule has 2 rings (SSSR count). The van der Waals surface area contributed by atoms with Crippen molar-refractivity contribution in [2.24, 2.45) is 0 Å². The molecule has 0 aromatic heterocycles. The molecule has 0 saturated heterocycles. The van der Waals surface area contributed by atoms with Crippen LogP contribution in [0.4, 0.5) is 14.5 Å². The maximum absolute atomic E-state index is 12.2. The lowest BCUT2D eigenvalue weighted by atomic mass is 10.1. The summed E-state index contributed by atoms with van der Waals surface area (Å²) in [6.45, 7) is -2.27. The van der Waals surface area contributed by atoms with Crippen LogP contribution >= 0.6 is 0 Å². The normalized spacial score (nSPS) is 10.3. The van der Waals surface area contributed by atoms with Crippen molar-refractivity contribution in [3.63, 3.8) is 0 Å². The molecule has 6 nitrogen and oxygen atoms in total. The molecule has 1 N–H and O–H groups in total. The van der Waals surface area contributed by atoms with E-state index in [1.165, 1.54) is 25.1 Å². The van der Waals surface area contributed by atoms with Crippen LogP contribution in [0.1, 0.15) is 27.6 Å². The van der Waals surface area contributed by atoms with Gasteiger partial charge in [-0.1, -0.05) is 18.2 Å². The zero-order valence-corrected chi connectivity index (χ0v) is 13.7. The smallest absolute Gasteiger partial charge is 0.387 e. The van der Waals surface area contributed by atoms with Gasteiger partial charge in [-0.05, 0) is 37.3 Å². The molecule has 0 atom stereocenters. The molecule has 0 radical (unpaired) electrons. The van der Waals surface area contributed by atoms with Gasteiger partial charge < -0.3 is 14.8 Å². The lowest BCUT2D eigenvalue weighted by molar-refractivity contribution is -0.119. The first-order valence-electron chi connectivity index (χ1n) is 7.48. The molecule has 0 saturated carbocycles. The Kier molecular flexibility index (Phi) is 6.37. The van der Waals surface area contributed by atoms with Crippen LogP contribution in [0.2, 0.25) is 0 Å². The van der Waals surface area contributed by atoms with E-state index < -0.39 is 25.1 Å². The van der Waals surface area contributed by atoms with Crippen molar-refractivity contribution in [1.82, 2.24) is 0 Å². The number of ether oxygens (including phenoxy) is 2. The van der Waals surface area contributed by atoms with E-state index >= 15 is 0 Å². The van der Waals surface area contributed by atoms with Gasteiger partial charge in [-0.15, -0.1) is 0 Å². The number of alkyl halides is 2. The number of hydrogen-bond donors (Lipinski definition) is 1. The van der Waals surface area contributed by atoms with Crippen LogP contribution < -0.4 is 10.1 Å². The first-order valence-corrected chi connectivity index (χ1v) is 7.48. The minimum absolute atomic E-state index is 0.0416. The molecule has 0 spiro atoms. The average Bonchev–Trinajstić information content (AvgIpc) is 2.59. The van der Waals surface area contributed by atoms with E-state index in [0.29, 0.717) is 11.3 Å². The lowest BCUT2D eigenvalue weighted by Crippen LogP contribution is -2.22. The van der Waals surface area contributed by atoms with E-state index in [1.54, 1.807) is 24.3 Å². The maximum Gasteiger partial charge on any atom is 0.387 e. The highest BCUT2D eigenvalue weighted by molar-refractivity contribution is 6.04. The Bertz CT molecular complexity index is 823. The van der Waals surface area contributed by atoms with Gasteiger partial charge in [-0.25, -0.2) is 4.79 Å². The van der Waals surface area contributed by atoms with Crippen molar-refractivity contribution < 1.29 is 32.6 Å². The van der Waals surface area contributed by atoms with Gasteiger partial charge in [-0.2, -0.15) is 8.78 Å². The first-order chi connectivity index (χ1) is 12.4. The molecule has 0 bridgehead atoms. The molecule has 0 unspecified atom stereocenters. The van der Waals surface area contributed by atoms with E-state index in [1.807, 2.05) is 0 Å². The SMILES string of the molecule is CC(=O)c1ccccc1NC(=O)COC(=O)c1cccc(OC(F)F)c1. The van der Waals surface area contributed by atoms with Gasteiger partial charge in [0.25, 0.3) is 5.91 Å². The van der Waals surface area contributed by atoms with Crippen LogP contribution in [0.15, 0.2) is 48.5 Å². The molecule has 8 heteroatoms. The summed E-state index contributed by atoms with van der Waals surface area (Å²) in [6.07, 6.45) is 0. The third-order valence-corrected chi connectivity index (χ3v) is 3.21. The largest absolute Gasteiger partial charge is 0.452 e. The predicted molar refractivity (Wildman–Crippen MR) is 88.4 cm³/mol. The Morgan fingerprint density at radius 2 is 1.81 bits per heavy atom. The minimum Gasteiger partial charge on any atom is -0.452 e. The number of carbonyl (C=O) groups excluding carboxylic acids is 3. The van der Waals surface area contributed by atoms with Gasteiger partial charge >= 0.3 is 12.6 Å². The summed E-state index contributed by atoms with van der Waals surface area (Å²) in [6, 6.07) is 11.4. The third-order valence-electron chi connectivity index (χ3n) is 3.21. The summed E-state index contributed by atoms with van der Waals surface area (Å²) >= 11 is 0. The number of para-hydroxylation sites is 1. The van der Waals surface area contributed by atoms with Crippen molar-refractivity contribution in [3.8, 4) is 5.75 Å². The monoisotopic (exact) mass is 363 g/mol. The Morgan fingerprint density at radius 1 is 1.08 bits per heavy atom. The van der Waals surface area contributed by atoms with Crippen LogP contribution in [0, 0.1) is 0 Å².